The van der Waals surface area contributed by atoms with Gasteiger partial charge in [0.2, 0.25) is 0 Å². The lowest BCUT2D eigenvalue weighted by molar-refractivity contribution is -0.182. The van der Waals surface area contributed by atoms with Crippen LogP contribution in [0, 0.1) is 12.8 Å². The molecule has 2 aromatic heterocycles. The van der Waals surface area contributed by atoms with Crippen molar-refractivity contribution in [2.45, 2.75) is 89.8 Å². The van der Waals surface area contributed by atoms with E-state index in [1.54, 1.807) is 4.90 Å². The first kappa shape index (κ1) is 23.8. The van der Waals surface area contributed by atoms with Crippen LogP contribution in [0.2, 0.25) is 0 Å². The van der Waals surface area contributed by atoms with Crippen LogP contribution >= 0.6 is 0 Å². The normalized spacial score (nSPS) is 24.8. The predicted molar refractivity (Wildman–Crippen MR) is 118 cm³/mol. The summed E-state index contributed by atoms with van der Waals surface area (Å²) in [5.41, 5.74) is 2.83. The summed E-state index contributed by atoms with van der Waals surface area (Å²) in [7, 11) is 0. The summed E-state index contributed by atoms with van der Waals surface area (Å²) in [4.78, 5) is 19.0. The number of amides is 1. The van der Waals surface area contributed by atoms with Gasteiger partial charge in [-0.2, -0.15) is 18.3 Å². The number of carbonyl (C=O) groups excluding carboxylic acids is 1. The summed E-state index contributed by atoms with van der Waals surface area (Å²) >= 11 is 0. The van der Waals surface area contributed by atoms with Gasteiger partial charge in [-0.05, 0) is 72.3 Å². The lowest BCUT2D eigenvalue weighted by Gasteiger charge is -2.34. The number of hydrogen-bond donors (Lipinski definition) is 0. The molecule has 2 aliphatic rings. The highest BCUT2D eigenvalue weighted by molar-refractivity contribution is 5.68. The van der Waals surface area contributed by atoms with Crippen LogP contribution in [-0.2, 0) is 4.74 Å². The molecule has 2 aromatic rings. The molecule has 1 saturated carbocycles. The summed E-state index contributed by atoms with van der Waals surface area (Å²) in [6.07, 6.45) is -1.38. The molecule has 1 amide bonds. The molecule has 0 bridgehead atoms. The van der Waals surface area contributed by atoms with Crippen molar-refractivity contribution in [3.05, 3.63) is 29.2 Å². The Balaban J connectivity index is 1.55. The third-order valence-electron chi connectivity index (χ3n) is 6.70. The van der Waals surface area contributed by atoms with E-state index in [1.165, 1.54) is 0 Å². The van der Waals surface area contributed by atoms with Crippen molar-refractivity contribution in [3.8, 4) is 0 Å². The average molecular weight is 467 g/mol. The number of likely N-dealkylation sites (tertiary alicyclic amines) is 1. The number of carbonyl (C=O) groups is 1. The Labute approximate surface area is 192 Å². The van der Waals surface area contributed by atoms with E-state index in [4.69, 9.17) is 9.84 Å². The Hall–Kier alpha value is -2.32. The number of rotatable bonds is 2. The Kier molecular flexibility index (Phi) is 6.35. The Bertz CT molecular complexity index is 1000. The van der Waals surface area contributed by atoms with Gasteiger partial charge in [0.15, 0.2) is 5.65 Å². The fraction of sp³-hybridized carbons (Fsp3) is 0.708. The van der Waals surface area contributed by atoms with E-state index in [0.717, 1.165) is 29.9 Å². The third kappa shape index (κ3) is 5.44. The van der Waals surface area contributed by atoms with Gasteiger partial charge in [-0.1, -0.05) is 0 Å². The number of nitrogens with zero attached hydrogens (tertiary/aromatic N) is 4. The molecule has 182 valence electrons. The summed E-state index contributed by atoms with van der Waals surface area (Å²) in [6, 6.07) is 3.93. The highest BCUT2D eigenvalue weighted by Gasteiger charge is 2.42. The zero-order valence-electron chi connectivity index (χ0n) is 19.8. The number of hydrogen-bond acceptors (Lipinski definition) is 4. The predicted octanol–water partition coefficient (Wildman–Crippen LogP) is 5.99. The Morgan fingerprint density at radius 2 is 1.76 bits per heavy atom. The van der Waals surface area contributed by atoms with Crippen LogP contribution in [0.4, 0.5) is 18.0 Å². The van der Waals surface area contributed by atoms with Gasteiger partial charge in [-0.15, -0.1) is 0 Å². The molecule has 0 aromatic carbocycles. The van der Waals surface area contributed by atoms with Crippen molar-refractivity contribution in [3.63, 3.8) is 0 Å². The molecule has 1 aliphatic heterocycles. The number of fused-ring (bicyclic) bond motifs is 1. The molecule has 33 heavy (non-hydrogen) atoms. The number of halogens is 3. The second-order valence-corrected chi connectivity index (χ2v) is 10.5. The molecule has 6 nitrogen and oxygen atoms in total. The van der Waals surface area contributed by atoms with Crippen LogP contribution in [-0.4, -0.2) is 50.5 Å². The maximum atomic E-state index is 13.1. The Morgan fingerprint density at radius 1 is 1.06 bits per heavy atom. The van der Waals surface area contributed by atoms with Crippen molar-refractivity contribution in [2.24, 2.45) is 5.92 Å². The molecule has 1 saturated heterocycles. The van der Waals surface area contributed by atoms with Gasteiger partial charge in [0.05, 0.1) is 17.3 Å². The SMILES string of the molecule is Cc1cc([C@H]2CCCN(C(=O)OC(C)(C)C)C2)n2nc([C@H]3CC[C@H](C(F)(F)F)CC3)cc2n1. The first-order valence-corrected chi connectivity index (χ1v) is 11.8. The van der Waals surface area contributed by atoms with Crippen molar-refractivity contribution >= 4 is 11.7 Å². The summed E-state index contributed by atoms with van der Waals surface area (Å²) in [5.74, 6) is -1.10. The van der Waals surface area contributed by atoms with Gasteiger partial charge in [0, 0.05) is 36.7 Å². The van der Waals surface area contributed by atoms with E-state index in [0.29, 0.717) is 31.6 Å². The van der Waals surface area contributed by atoms with Gasteiger partial charge in [-0.25, -0.2) is 14.3 Å². The van der Waals surface area contributed by atoms with Crippen molar-refractivity contribution in [1.29, 1.82) is 0 Å². The van der Waals surface area contributed by atoms with Crippen LogP contribution in [0.15, 0.2) is 12.1 Å². The molecule has 0 radical (unpaired) electrons. The molecule has 4 rings (SSSR count). The number of piperidine rings is 1. The minimum atomic E-state index is -4.11. The van der Waals surface area contributed by atoms with Crippen molar-refractivity contribution in [1.82, 2.24) is 19.5 Å². The van der Waals surface area contributed by atoms with Gasteiger partial charge in [0.25, 0.3) is 0 Å². The average Bonchev–Trinajstić information content (AvgIpc) is 3.15. The van der Waals surface area contributed by atoms with E-state index in [-0.39, 0.29) is 30.8 Å². The van der Waals surface area contributed by atoms with Crippen LogP contribution in [0.5, 0.6) is 0 Å². The number of aryl methyl sites for hydroxylation is 1. The number of alkyl halides is 3. The fourth-order valence-corrected chi connectivity index (χ4v) is 5.06. The van der Waals surface area contributed by atoms with Gasteiger partial charge < -0.3 is 9.64 Å². The van der Waals surface area contributed by atoms with Crippen molar-refractivity contribution < 1.29 is 22.7 Å². The smallest absolute Gasteiger partial charge is 0.410 e. The van der Waals surface area contributed by atoms with E-state index < -0.39 is 17.7 Å². The molecule has 0 N–H and O–H groups in total. The summed E-state index contributed by atoms with van der Waals surface area (Å²) < 4.78 is 46.6. The van der Waals surface area contributed by atoms with E-state index in [9.17, 15) is 18.0 Å². The zero-order valence-corrected chi connectivity index (χ0v) is 19.8. The quantitative estimate of drug-likeness (QED) is 0.546. The second kappa shape index (κ2) is 8.80. The lowest BCUT2D eigenvalue weighted by Crippen LogP contribution is -2.42. The maximum Gasteiger partial charge on any atom is 0.410 e. The molecule has 3 heterocycles. The largest absolute Gasteiger partial charge is 0.444 e. The standard InChI is InChI=1S/C24H33F3N4O2/c1-15-12-20(17-6-5-11-30(14-17)22(32)33-23(2,3)4)31-21(28-15)13-19(29-31)16-7-9-18(10-8-16)24(25,26)27/h12-13,16-18H,5-11,14H2,1-4H3/t16-,17-,18-/m0/s1. The van der Waals surface area contributed by atoms with E-state index in [2.05, 4.69) is 4.98 Å². The zero-order chi connectivity index (χ0) is 24.0. The number of aromatic nitrogens is 3. The molecule has 1 aliphatic carbocycles. The molecular formula is C24H33F3N4O2. The highest BCUT2D eigenvalue weighted by Crippen LogP contribution is 2.43. The van der Waals surface area contributed by atoms with Crippen LogP contribution in [0.1, 0.15) is 88.2 Å². The van der Waals surface area contributed by atoms with Crippen molar-refractivity contribution in [2.75, 3.05) is 13.1 Å². The van der Waals surface area contributed by atoms with Crippen LogP contribution < -0.4 is 0 Å². The molecule has 1 atom stereocenters. The maximum absolute atomic E-state index is 13.1. The molecule has 0 spiro atoms. The monoisotopic (exact) mass is 466 g/mol. The second-order valence-electron chi connectivity index (χ2n) is 10.5. The first-order valence-electron chi connectivity index (χ1n) is 11.8. The lowest BCUT2D eigenvalue weighted by atomic mass is 9.80. The highest BCUT2D eigenvalue weighted by atomic mass is 19.4. The van der Waals surface area contributed by atoms with Crippen LogP contribution in [0.25, 0.3) is 5.65 Å². The fourth-order valence-electron chi connectivity index (χ4n) is 5.06. The topological polar surface area (TPSA) is 59.7 Å². The van der Waals surface area contributed by atoms with Gasteiger partial charge in [0.1, 0.15) is 5.60 Å². The molecule has 0 unspecified atom stereocenters. The van der Waals surface area contributed by atoms with Gasteiger partial charge >= 0.3 is 12.3 Å². The molecule has 2 fully saturated rings. The van der Waals surface area contributed by atoms with Gasteiger partial charge in [-0.3, -0.25) is 0 Å². The molecule has 9 heteroatoms. The minimum absolute atomic E-state index is 0.0167. The third-order valence-corrected chi connectivity index (χ3v) is 6.70. The summed E-state index contributed by atoms with van der Waals surface area (Å²) in [6.45, 7) is 8.70. The number of ether oxygens (including phenoxy) is 1. The van der Waals surface area contributed by atoms with E-state index >= 15 is 0 Å². The van der Waals surface area contributed by atoms with E-state index in [1.807, 2.05) is 44.3 Å². The first-order chi connectivity index (χ1) is 15.4. The molecular weight excluding hydrogens is 433 g/mol. The summed E-state index contributed by atoms with van der Waals surface area (Å²) in [5, 5.41) is 4.81. The van der Waals surface area contributed by atoms with Crippen LogP contribution in [0.3, 0.4) is 0 Å². The Morgan fingerprint density at radius 3 is 2.39 bits per heavy atom. The minimum Gasteiger partial charge on any atom is -0.444 e.